The fraction of sp³-hybridized carbons (Fsp3) is 0.409. The molecule has 2 aromatic carbocycles. The molecule has 0 saturated carbocycles. The van der Waals surface area contributed by atoms with Gasteiger partial charge >= 0.3 is 0 Å². The van der Waals surface area contributed by atoms with Crippen LogP contribution in [-0.4, -0.2) is 43.1 Å². The summed E-state index contributed by atoms with van der Waals surface area (Å²) >= 11 is 0. The maximum absolute atomic E-state index is 14.7. The predicted molar refractivity (Wildman–Crippen MR) is 103 cm³/mol. The topological polar surface area (TPSA) is 41.6 Å². The number of ether oxygens (including phenoxy) is 1. The van der Waals surface area contributed by atoms with E-state index in [2.05, 4.69) is 5.32 Å². The molecule has 0 aliphatic carbocycles. The number of hydrogen-bond acceptors (Lipinski definition) is 3. The van der Waals surface area contributed by atoms with Gasteiger partial charge in [-0.05, 0) is 55.5 Å². The molecule has 1 amide bonds. The largest absolute Gasteiger partial charge is 0.497 e. The van der Waals surface area contributed by atoms with E-state index < -0.39 is 11.6 Å². The lowest BCUT2D eigenvalue weighted by molar-refractivity contribution is 0.0677. The van der Waals surface area contributed by atoms with Crippen LogP contribution in [0.25, 0.3) is 11.1 Å². The lowest BCUT2D eigenvalue weighted by Crippen LogP contribution is -2.48. The first-order chi connectivity index (χ1) is 13.5. The predicted octanol–water partition coefficient (Wildman–Crippen LogP) is 4.00. The Bertz CT molecular complexity index is 890. The summed E-state index contributed by atoms with van der Waals surface area (Å²) in [7, 11) is 3.20. The van der Waals surface area contributed by atoms with Crippen LogP contribution >= 0.6 is 0 Å². The monoisotopic (exact) mass is 386 g/mol. The third-order valence-electron chi connectivity index (χ3n) is 6.00. The molecule has 2 unspecified atom stereocenters. The molecule has 2 aliphatic rings. The number of hydrogen-bond donors (Lipinski definition) is 1. The molecule has 0 spiro atoms. The number of methoxy groups -OCH3 is 1. The summed E-state index contributed by atoms with van der Waals surface area (Å²) in [5.74, 6) is -1.07. The number of halogens is 2. The van der Waals surface area contributed by atoms with Gasteiger partial charge in [0.15, 0.2) is 0 Å². The Kier molecular flexibility index (Phi) is 5.06. The molecule has 4 nitrogen and oxygen atoms in total. The van der Waals surface area contributed by atoms with E-state index in [9.17, 15) is 13.6 Å². The van der Waals surface area contributed by atoms with Gasteiger partial charge in [0.25, 0.3) is 5.91 Å². The molecule has 1 N–H and O–H groups in total. The quantitative estimate of drug-likeness (QED) is 0.864. The molecule has 2 aliphatic heterocycles. The molecular weight excluding hydrogens is 362 g/mol. The van der Waals surface area contributed by atoms with Crippen LogP contribution in [0.2, 0.25) is 0 Å². The fourth-order valence-electron chi connectivity index (χ4n) is 4.41. The van der Waals surface area contributed by atoms with E-state index in [0.29, 0.717) is 23.4 Å². The smallest absolute Gasteiger partial charge is 0.256 e. The normalized spacial score (nSPS) is 23.5. The number of carbonyl (C=O) groups excluding carboxylic acids is 1. The number of fused-ring (bicyclic) bond motifs is 2. The van der Waals surface area contributed by atoms with Crippen LogP contribution in [0.5, 0.6) is 5.75 Å². The first-order valence-corrected chi connectivity index (χ1v) is 9.63. The molecule has 2 aromatic rings. The number of piperidine rings is 1. The van der Waals surface area contributed by atoms with Gasteiger partial charge in [-0.2, -0.15) is 0 Å². The Hall–Kier alpha value is -2.47. The van der Waals surface area contributed by atoms with Gasteiger partial charge in [0, 0.05) is 36.8 Å². The fourth-order valence-corrected chi connectivity index (χ4v) is 4.41. The van der Waals surface area contributed by atoms with Gasteiger partial charge in [-0.25, -0.2) is 8.78 Å². The van der Waals surface area contributed by atoms with Crippen molar-refractivity contribution in [3.63, 3.8) is 0 Å². The zero-order valence-corrected chi connectivity index (χ0v) is 16.0. The molecule has 2 fully saturated rings. The van der Waals surface area contributed by atoms with Crippen LogP contribution in [0, 0.1) is 11.6 Å². The summed E-state index contributed by atoms with van der Waals surface area (Å²) in [4.78, 5) is 14.5. The number of rotatable bonds is 4. The molecule has 2 atom stereocenters. The number of nitrogens with one attached hydrogen (secondary N) is 1. The first kappa shape index (κ1) is 18.9. The van der Waals surface area contributed by atoms with Gasteiger partial charge in [0.1, 0.15) is 17.4 Å². The highest BCUT2D eigenvalue weighted by Crippen LogP contribution is 2.31. The standard InChI is InChI=1S/C22H24F2N2O2/c1-26(16-10-14-4-5-15(11-16)25-14)22(27)19-7-3-13(9-20(19)23)18-8-6-17(28-2)12-21(18)24/h3,6-9,12,14-16,25H,4-5,10-11H2,1-2H3. The van der Waals surface area contributed by atoms with Crippen LogP contribution in [0.3, 0.4) is 0 Å². The van der Waals surface area contributed by atoms with Crippen molar-refractivity contribution < 1.29 is 18.3 Å². The van der Waals surface area contributed by atoms with Crippen molar-refractivity contribution in [1.29, 1.82) is 0 Å². The highest BCUT2D eigenvalue weighted by molar-refractivity contribution is 5.95. The van der Waals surface area contributed by atoms with E-state index in [4.69, 9.17) is 4.74 Å². The SMILES string of the molecule is COc1ccc(-c2ccc(C(=O)N(C)C3CC4CCC(C3)N4)c(F)c2)c(F)c1. The first-order valence-electron chi connectivity index (χ1n) is 9.63. The van der Waals surface area contributed by atoms with Gasteiger partial charge in [0.05, 0.1) is 12.7 Å². The molecule has 2 saturated heterocycles. The molecular formula is C22H24F2N2O2. The summed E-state index contributed by atoms with van der Waals surface area (Å²) in [5, 5.41) is 3.55. The minimum absolute atomic E-state index is 0.0195. The van der Waals surface area contributed by atoms with Crippen molar-refractivity contribution in [3.05, 3.63) is 53.6 Å². The molecule has 2 heterocycles. The van der Waals surface area contributed by atoms with Crippen LogP contribution in [0.1, 0.15) is 36.0 Å². The van der Waals surface area contributed by atoms with Crippen molar-refractivity contribution in [2.75, 3.05) is 14.2 Å². The maximum Gasteiger partial charge on any atom is 0.256 e. The number of carbonyl (C=O) groups is 1. The third-order valence-corrected chi connectivity index (χ3v) is 6.00. The van der Waals surface area contributed by atoms with Crippen molar-refractivity contribution in [1.82, 2.24) is 10.2 Å². The van der Waals surface area contributed by atoms with E-state index in [0.717, 1.165) is 25.7 Å². The average molecular weight is 386 g/mol. The van der Waals surface area contributed by atoms with Gasteiger partial charge < -0.3 is 15.0 Å². The molecule has 0 aromatic heterocycles. The second kappa shape index (κ2) is 7.51. The van der Waals surface area contributed by atoms with E-state index >= 15 is 0 Å². The summed E-state index contributed by atoms with van der Waals surface area (Å²) in [6.07, 6.45) is 4.07. The molecule has 4 rings (SSSR count). The van der Waals surface area contributed by atoms with Gasteiger partial charge in [-0.3, -0.25) is 4.79 Å². The minimum atomic E-state index is -0.638. The van der Waals surface area contributed by atoms with Gasteiger partial charge in [0.2, 0.25) is 0 Å². The number of nitrogens with zero attached hydrogens (tertiary/aromatic N) is 1. The number of amides is 1. The Labute approximate surface area is 163 Å². The van der Waals surface area contributed by atoms with Crippen molar-refractivity contribution in [2.24, 2.45) is 0 Å². The van der Waals surface area contributed by atoms with E-state index in [-0.39, 0.29) is 23.1 Å². The maximum atomic E-state index is 14.7. The molecule has 28 heavy (non-hydrogen) atoms. The lowest BCUT2D eigenvalue weighted by Gasteiger charge is -2.35. The van der Waals surface area contributed by atoms with Gasteiger partial charge in [-0.15, -0.1) is 0 Å². The van der Waals surface area contributed by atoms with Gasteiger partial charge in [-0.1, -0.05) is 6.07 Å². The minimum Gasteiger partial charge on any atom is -0.497 e. The van der Waals surface area contributed by atoms with E-state index in [1.165, 1.54) is 25.3 Å². The van der Waals surface area contributed by atoms with E-state index in [1.54, 1.807) is 30.1 Å². The summed E-state index contributed by atoms with van der Waals surface area (Å²) in [6, 6.07) is 9.68. The Morgan fingerprint density at radius 1 is 1.07 bits per heavy atom. The highest BCUT2D eigenvalue weighted by atomic mass is 19.1. The van der Waals surface area contributed by atoms with Crippen molar-refractivity contribution in [3.8, 4) is 16.9 Å². The summed E-state index contributed by atoms with van der Waals surface area (Å²) in [5.41, 5.74) is 0.671. The molecule has 0 radical (unpaired) electrons. The van der Waals surface area contributed by atoms with Crippen LogP contribution in [0.4, 0.5) is 8.78 Å². The molecule has 2 bridgehead atoms. The summed E-state index contributed by atoms with van der Waals surface area (Å²) < 4.78 is 34.0. The van der Waals surface area contributed by atoms with Crippen molar-refractivity contribution >= 4 is 5.91 Å². The van der Waals surface area contributed by atoms with Crippen molar-refractivity contribution in [2.45, 2.75) is 43.8 Å². The Balaban J connectivity index is 1.55. The Morgan fingerprint density at radius 3 is 2.39 bits per heavy atom. The highest BCUT2D eigenvalue weighted by Gasteiger charge is 2.36. The summed E-state index contributed by atoms with van der Waals surface area (Å²) in [6.45, 7) is 0. The van der Waals surface area contributed by atoms with Crippen LogP contribution in [-0.2, 0) is 0 Å². The zero-order valence-electron chi connectivity index (χ0n) is 16.0. The number of benzene rings is 2. The average Bonchev–Trinajstić information content (AvgIpc) is 3.04. The van der Waals surface area contributed by atoms with E-state index in [1.807, 2.05) is 0 Å². The van der Waals surface area contributed by atoms with Crippen LogP contribution < -0.4 is 10.1 Å². The molecule has 148 valence electrons. The molecule has 6 heteroatoms. The second-order valence-corrected chi connectivity index (χ2v) is 7.72. The second-order valence-electron chi connectivity index (χ2n) is 7.72. The zero-order chi connectivity index (χ0) is 19.8. The van der Waals surface area contributed by atoms with Crippen LogP contribution in [0.15, 0.2) is 36.4 Å². The lowest BCUT2D eigenvalue weighted by atomic mass is 9.97. The Morgan fingerprint density at radius 2 is 1.79 bits per heavy atom. The third kappa shape index (κ3) is 3.49.